The zero-order chi connectivity index (χ0) is 14.8. The van der Waals surface area contributed by atoms with Gasteiger partial charge < -0.3 is 10.6 Å². The van der Waals surface area contributed by atoms with Crippen molar-refractivity contribution in [2.24, 2.45) is 0 Å². The fourth-order valence-corrected chi connectivity index (χ4v) is 2.03. The summed E-state index contributed by atoms with van der Waals surface area (Å²) < 4.78 is 0. The normalized spacial score (nSPS) is 10.3. The van der Waals surface area contributed by atoms with Crippen LogP contribution in [0.3, 0.4) is 0 Å². The van der Waals surface area contributed by atoms with E-state index in [1.165, 1.54) is 5.56 Å². The first-order chi connectivity index (χ1) is 10.3. The van der Waals surface area contributed by atoms with Gasteiger partial charge in [-0.3, -0.25) is 9.78 Å². The number of carbonyl (C=O) groups is 1. The van der Waals surface area contributed by atoms with E-state index in [1.807, 2.05) is 36.4 Å². The molecule has 0 spiro atoms. The highest BCUT2D eigenvalue weighted by Gasteiger charge is 2.00. The number of hydrogen-bond donors (Lipinski definition) is 2. The first kappa shape index (κ1) is 15.2. The third-order valence-corrected chi connectivity index (χ3v) is 3.13. The van der Waals surface area contributed by atoms with Gasteiger partial charge in [-0.15, -0.1) is 0 Å². The van der Waals surface area contributed by atoms with E-state index in [1.54, 1.807) is 6.20 Å². The minimum atomic E-state index is 0.0268. The average Bonchev–Trinajstić information content (AvgIpc) is 2.54. The van der Waals surface area contributed by atoms with E-state index in [-0.39, 0.29) is 5.91 Å². The Labute approximate surface area is 125 Å². The largest absolute Gasteiger partial charge is 0.355 e. The van der Waals surface area contributed by atoms with Crippen molar-refractivity contribution in [3.05, 3.63) is 66.0 Å². The summed E-state index contributed by atoms with van der Waals surface area (Å²) in [6.45, 7) is 1.64. The molecule has 0 saturated heterocycles. The molecule has 2 aromatic rings. The Bertz CT molecular complexity index is 528. The molecule has 4 nitrogen and oxygen atoms in total. The van der Waals surface area contributed by atoms with Crippen molar-refractivity contribution < 1.29 is 4.79 Å². The van der Waals surface area contributed by atoms with Crippen molar-refractivity contribution in [2.45, 2.75) is 19.4 Å². The van der Waals surface area contributed by atoms with Crippen LogP contribution in [0.2, 0.25) is 0 Å². The minimum Gasteiger partial charge on any atom is -0.355 e. The number of rotatable bonds is 8. The van der Waals surface area contributed by atoms with E-state index in [0.717, 1.165) is 18.5 Å². The average molecular weight is 283 g/mol. The predicted molar refractivity (Wildman–Crippen MR) is 83.7 cm³/mol. The van der Waals surface area contributed by atoms with Crippen LogP contribution < -0.4 is 10.6 Å². The van der Waals surface area contributed by atoms with E-state index in [0.29, 0.717) is 19.6 Å². The van der Waals surface area contributed by atoms with Crippen LogP contribution in [-0.2, 0) is 17.8 Å². The molecule has 2 rings (SSSR count). The lowest BCUT2D eigenvalue weighted by Crippen LogP contribution is -2.34. The molecule has 1 heterocycles. The highest BCUT2D eigenvalue weighted by Crippen LogP contribution is 2.01. The molecule has 110 valence electrons. The second kappa shape index (κ2) is 8.87. The number of aryl methyl sites for hydroxylation is 1. The maximum atomic E-state index is 11.7. The lowest BCUT2D eigenvalue weighted by Gasteiger charge is -2.06. The molecule has 4 heteroatoms. The van der Waals surface area contributed by atoms with E-state index >= 15 is 0 Å². The maximum Gasteiger partial charge on any atom is 0.233 e. The number of nitrogens with zero attached hydrogens (tertiary/aromatic N) is 1. The highest BCUT2D eigenvalue weighted by molar-refractivity contribution is 5.77. The first-order valence-electron chi connectivity index (χ1n) is 7.26. The van der Waals surface area contributed by atoms with Gasteiger partial charge in [-0.05, 0) is 30.5 Å². The van der Waals surface area contributed by atoms with Gasteiger partial charge in [0.15, 0.2) is 0 Å². The van der Waals surface area contributed by atoms with Crippen LogP contribution in [-0.4, -0.2) is 24.0 Å². The van der Waals surface area contributed by atoms with Crippen molar-refractivity contribution in [3.63, 3.8) is 0 Å². The lowest BCUT2D eigenvalue weighted by atomic mass is 10.1. The van der Waals surface area contributed by atoms with Crippen LogP contribution in [0, 0.1) is 0 Å². The third kappa shape index (κ3) is 6.19. The summed E-state index contributed by atoms with van der Waals surface area (Å²) in [4.78, 5) is 15.8. The van der Waals surface area contributed by atoms with Gasteiger partial charge in [0.1, 0.15) is 0 Å². The number of nitrogens with one attached hydrogen (secondary N) is 2. The lowest BCUT2D eigenvalue weighted by molar-refractivity contribution is -0.120. The smallest absolute Gasteiger partial charge is 0.233 e. The summed E-state index contributed by atoms with van der Waals surface area (Å²) in [5.41, 5.74) is 2.24. The van der Waals surface area contributed by atoms with E-state index in [4.69, 9.17) is 0 Å². The molecule has 1 amide bonds. The second-order valence-corrected chi connectivity index (χ2v) is 4.86. The van der Waals surface area contributed by atoms with Crippen molar-refractivity contribution in [1.29, 1.82) is 0 Å². The molecule has 0 aliphatic carbocycles. The van der Waals surface area contributed by atoms with Gasteiger partial charge in [-0.2, -0.15) is 0 Å². The molecule has 0 fully saturated rings. The fourth-order valence-electron chi connectivity index (χ4n) is 2.03. The van der Waals surface area contributed by atoms with Gasteiger partial charge in [0, 0.05) is 19.3 Å². The SMILES string of the molecule is O=C(CNCc1ccccn1)NCCCc1ccccc1. The van der Waals surface area contributed by atoms with Gasteiger partial charge in [0.25, 0.3) is 0 Å². The van der Waals surface area contributed by atoms with Gasteiger partial charge >= 0.3 is 0 Å². The summed E-state index contributed by atoms with van der Waals surface area (Å²) >= 11 is 0. The van der Waals surface area contributed by atoms with Crippen LogP contribution in [0.25, 0.3) is 0 Å². The van der Waals surface area contributed by atoms with Crippen molar-refractivity contribution in [2.75, 3.05) is 13.1 Å². The Morgan fingerprint density at radius 2 is 1.86 bits per heavy atom. The molecule has 0 aliphatic heterocycles. The van der Waals surface area contributed by atoms with Gasteiger partial charge in [-0.1, -0.05) is 36.4 Å². The molecule has 0 radical (unpaired) electrons. The third-order valence-electron chi connectivity index (χ3n) is 3.13. The molecule has 0 bridgehead atoms. The fraction of sp³-hybridized carbons (Fsp3) is 0.294. The van der Waals surface area contributed by atoms with E-state index in [9.17, 15) is 4.79 Å². The Kier molecular flexibility index (Phi) is 6.42. The van der Waals surface area contributed by atoms with Gasteiger partial charge in [0.2, 0.25) is 5.91 Å². The van der Waals surface area contributed by atoms with E-state index < -0.39 is 0 Å². The van der Waals surface area contributed by atoms with Crippen molar-refractivity contribution >= 4 is 5.91 Å². The van der Waals surface area contributed by atoms with E-state index in [2.05, 4.69) is 27.8 Å². The number of aromatic nitrogens is 1. The van der Waals surface area contributed by atoms with Gasteiger partial charge in [0.05, 0.1) is 12.2 Å². The standard InChI is InChI=1S/C17H21N3O/c21-17(14-18-13-16-10-4-5-11-19-16)20-12-6-9-15-7-2-1-3-8-15/h1-5,7-8,10-11,18H,6,9,12-14H2,(H,20,21). The Hall–Kier alpha value is -2.20. The van der Waals surface area contributed by atoms with Crippen LogP contribution in [0.4, 0.5) is 0 Å². The number of amides is 1. The molecule has 2 N–H and O–H groups in total. The van der Waals surface area contributed by atoms with Gasteiger partial charge in [-0.25, -0.2) is 0 Å². The summed E-state index contributed by atoms with van der Waals surface area (Å²) in [6.07, 6.45) is 3.69. The summed E-state index contributed by atoms with van der Waals surface area (Å²) in [7, 11) is 0. The highest BCUT2D eigenvalue weighted by atomic mass is 16.1. The monoisotopic (exact) mass is 283 g/mol. The number of benzene rings is 1. The van der Waals surface area contributed by atoms with Crippen molar-refractivity contribution in [3.8, 4) is 0 Å². The quantitative estimate of drug-likeness (QED) is 0.728. The molecule has 21 heavy (non-hydrogen) atoms. The molecule has 1 aromatic carbocycles. The second-order valence-electron chi connectivity index (χ2n) is 4.86. The molecule has 0 atom stereocenters. The summed E-state index contributed by atoms with van der Waals surface area (Å²) in [6, 6.07) is 16.1. The molecular weight excluding hydrogens is 262 g/mol. The topological polar surface area (TPSA) is 54.0 Å². The first-order valence-corrected chi connectivity index (χ1v) is 7.26. The Balaban J connectivity index is 1.54. The predicted octanol–water partition coefficient (Wildman–Crippen LogP) is 1.92. The molecule has 0 unspecified atom stereocenters. The van der Waals surface area contributed by atoms with Crippen LogP contribution >= 0.6 is 0 Å². The maximum absolute atomic E-state index is 11.7. The van der Waals surface area contributed by atoms with Crippen LogP contribution in [0.15, 0.2) is 54.7 Å². The van der Waals surface area contributed by atoms with Crippen LogP contribution in [0.5, 0.6) is 0 Å². The zero-order valence-corrected chi connectivity index (χ0v) is 12.1. The van der Waals surface area contributed by atoms with Crippen LogP contribution in [0.1, 0.15) is 17.7 Å². The Morgan fingerprint density at radius 3 is 2.62 bits per heavy atom. The number of hydrogen-bond acceptors (Lipinski definition) is 3. The summed E-state index contributed by atoms with van der Waals surface area (Å²) in [5.74, 6) is 0.0268. The number of pyridine rings is 1. The van der Waals surface area contributed by atoms with Crippen molar-refractivity contribution in [1.82, 2.24) is 15.6 Å². The Morgan fingerprint density at radius 1 is 1.05 bits per heavy atom. The molecular formula is C17H21N3O. The molecule has 1 aromatic heterocycles. The molecule has 0 aliphatic rings. The zero-order valence-electron chi connectivity index (χ0n) is 12.1. The minimum absolute atomic E-state index is 0.0268. The molecule has 0 saturated carbocycles. The summed E-state index contributed by atoms with van der Waals surface area (Å²) in [5, 5.41) is 6.00. The number of carbonyl (C=O) groups excluding carboxylic acids is 1.